The minimum atomic E-state index is -0.363. The summed E-state index contributed by atoms with van der Waals surface area (Å²) in [7, 11) is 1.48. The molecule has 0 radical (unpaired) electrons. The standard InChI is InChI=1S/C5H9N3O/c1-8-5(9)4(7)2-3-6/h2-3,6H,7H2,1H3,(H,8,9)/b4-2-,6-3?. The van der Waals surface area contributed by atoms with Crippen molar-refractivity contribution < 1.29 is 4.79 Å². The van der Waals surface area contributed by atoms with Crippen LogP contribution in [-0.2, 0) is 4.79 Å². The summed E-state index contributed by atoms with van der Waals surface area (Å²) in [6, 6.07) is 0. The first-order valence-corrected chi connectivity index (χ1v) is 2.40. The molecular formula is C5H9N3O. The monoisotopic (exact) mass is 127 g/mol. The van der Waals surface area contributed by atoms with Gasteiger partial charge in [-0.25, -0.2) is 0 Å². The summed E-state index contributed by atoms with van der Waals surface area (Å²) in [6.45, 7) is 0. The van der Waals surface area contributed by atoms with Gasteiger partial charge in [-0.3, -0.25) is 4.79 Å². The number of nitrogens with one attached hydrogen (secondary N) is 2. The van der Waals surface area contributed by atoms with Gasteiger partial charge in [-0.05, 0) is 6.08 Å². The summed E-state index contributed by atoms with van der Waals surface area (Å²) in [5.41, 5.74) is 5.18. The molecule has 0 spiro atoms. The number of amides is 1. The topological polar surface area (TPSA) is 79.0 Å². The van der Waals surface area contributed by atoms with Gasteiger partial charge in [-0.15, -0.1) is 0 Å². The van der Waals surface area contributed by atoms with Gasteiger partial charge in [-0.2, -0.15) is 0 Å². The van der Waals surface area contributed by atoms with Crippen molar-refractivity contribution in [3.8, 4) is 0 Å². The largest absolute Gasteiger partial charge is 0.394 e. The van der Waals surface area contributed by atoms with Crippen molar-refractivity contribution >= 4 is 12.1 Å². The Bertz CT molecular complexity index is 150. The van der Waals surface area contributed by atoms with Gasteiger partial charge in [0.15, 0.2) is 0 Å². The Balaban J connectivity index is 4.01. The van der Waals surface area contributed by atoms with E-state index < -0.39 is 0 Å². The van der Waals surface area contributed by atoms with Crippen LogP contribution in [0.25, 0.3) is 0 Å². The van der Waals surface area contributed by atoms with Crippen LogP contribution in [0, 0.1) is 5.41 Å². The first-order valence-electron chi connectivity index (χ1n) is 2.40. The Morgan fingerprint density at radius 2 is 2.33 bits per heavy atom. The van der Waals surface area contributed by atoms with Crippen molar-refractivity contribution in [3.63, 3.8) is 0 Å². The Kier molecular flexibility index (Phi) is 3.12. The molecule has 0 fully saturated rings. The maximum Gasteiger partial charge on any atom is 0.266 e. The fraction of sp³-hybridized carbons (Fsp3) is 0.200. The average Bonchev–Trinajstić information content (AvgIpc) is 1.87. The first kappa shape index (κ1) is 7.68. The zero-order valence-electron chi connectivity index (χ0n) is 5.14. The van der Waals surface area contributed by atoms with Crippen LogP contribution in [0.15, 0.2) is 11.8 Å². The molecule has 0 bridgehead atoms. The number of rotatable bonds is 2. The molecule has 9 heavy (non-hydrogen) atoms. The fourth-order valence-electron chi connectivity index (χ4n) is 0.310. The van der Waals surface area contributed by atoms with Crippen molar-refractivity contribution in [1.29, 1.82) is 5.41 Å². The first-order chi connectivity index (χ1) is 4.22. The van der Waals surface area contributed by atoms with Gasteiger partial charge in [0, 0.05) is 13.3 Å². The summed E-state index contributed by atoms with van der Waals surface area (Å²) >= 11 is 0. The van der Waals surface area contributed by atoms with E-state index in [0.29, 0.717) is 0 Å². The van der Waals surface area contributed by atoms with Gasteiger partial charge in [0.1, 0.15) is 0 Å². The minimum absolute atomic E-state index is 0.0486. The molecule has 0 aliphatic carbocycles. The number of hydrogen-bond acceptors (Lipinski definition) is 3. The summed E-state index contributed by atoms with van der Waals surface area (Å²) in [4.78, 5) is 10.5. The molecule has 0 rings (SSSR count). The maximum absolute atomic E-state index is 10.5. The highest BCUT2D eigenvalue weighted by Gasteiger charge is 1.97. The average molecular weight is 127 g/mol. The second kappa shape index (κ2) is 3.65. The second-order valence-electron chi connectivity index (χ2n) is 1.37. The minimum Gasteiger partial charge on any atom is -0.394 e. The lowest BCUT2D eigenvalue weighted by molar-refractivity contribution is -0.117. The number of carbonyl (C=O) groups is 1. The maximum atomic E-state index is 10.5. The van der Waals surface area contributed by atoms with Crippen molar-refractivity contribution in [2.45, 2.75) is 0 Å². The van der Waals surface area contributed by atoms with Crippen LogP contribution in [0.2, 0.25) is 0 Å². The van der Waals surface area contributed by atoms with Gasteiger partial charge >= 0.3 is 0 Å². The summed E-state index contributed by atoms with van der Waals surface area (Å²) in [6.07, 6.45) is 2.18. The number of carbonyl (C=O) groups excluding carboxylic acids is 1. The normalized spacial score (nSPS) is 10.6. The Hall–Kier alpha value is -1.32. The lowest BCUT2D eigenvalue weighted by Gasteiger charge is -1.94. The van der Waals surface area contributed by atoms with Crippen LogP contribution in [0.1, 0.15) is 0 Å². The van der Waals surface area contributed by atoms with Crippen molar-refractivity contribution in [2.24, 2.45) is 5.73 Å². The molecule has 4 nitrogen and oxygen atoms in total. The predicted molar refractivity (Wildman–Crippen MR) is 35.1 cm³/mol. The molecule has 4 N–H and O–H groups in total. The van der Waals surface area contributed by atoms with Crippen molar-refractivity contribution in [1.82, 2.24) is 5.32 Å². The predicted octanol–water partition coefficient (Wildman–Crippen LogP) is -0.775. The number of allylic oxidation sites excluding steroid dienone is 1. The van der Waals surface area contributed by atoms with E-state index in [9.17, 15) is 4.79 Å². The Morgan fingerprint density at radius 1 is 1.78 bits per heavy atom. The summed E-state index contributed by atoms with van der Waals surface area (Å²) in [5.74, 6) is -0.363. The van der Waals surface area contributed by atoms with Gasteiger partial charge in [0.2, 0.25) is 0 Å². The van der Waals surface area contributed by atoms with E-state index in [1.807, 2.05) is 0 Å². The number of likely N-dealkylation sites (N-methyl/N-ethyl adjacent to an activating group) is 1. The quantitative estimate of drug-likeness (QED) is 0.336. The summed E-state index contributed by atoms with van der Waals surface area (Å²) in [5, 5.41) is 8.85. The fourth-order valence-corrected chi connectivity index (χ4v) is 0.310. The van der Waals surface area contributed by atoms with E-state index in [-0.39, 0.29) is 11.6 Å². The molecule has 4 heteroatoms. The molecular weight excluding hydrogens is 118 g/mol. The molecule has 0 aromatic rings. The van der Waals surface area contributed by atoms with Crippen LogP contribution < -0.4 is 11.1 Å². The molecule has 0 aliphatic rings. The smallest absolute Gasteiger partial charge is 0.266 e. The van der Waals surface area contributed by atoms with Crippen molar-refractivity contribution in [2.75, 3.05) is 7.05 Å². The zero-order valence-corrected chi connectivity index (χ0v) is 5.14. The molecule has 0 heterocycles. The lowest BCUT2D eigenvalue weighted by atomic mass is 10.4. The highest BCUT2D eigenvalue weighted by atomic mass is 16.1. The third-order valence-electron chi connectivity index (χ3n) is 0.752. The van der Waals surface area contributed by atoms with Crippen LogP contribution in [0.4, 0.5) is 0 Å². The number of nitrogens with two attached hydrogens (primary N) is 1. The molecule has 0 unspecified atom stereocenters. The SMILES string of the molecule is CNC(=O)/C(N)=C/C=N. The van der Waals surface area contributed by atoms with E-state index in [1.165, 1.54) is 13.1 Å². The molecule has 1 amide bonds. The second-order valence-corrected chi connectivity index (χ2v) is 1.37. The van der Waals surface area contributed by atoms with E-state index in [0.717, 1.165) is 6.21 Å². The summed E-state index contributed by atoms with van der Waals surface area (Å²) < 4.78 is 0. The van der Waals surface area contributed by atoms with Crippen LogP contribution >= 0.6 is 0 Å². The molecule has 0 saturated carbocycles. The van der Waals surface area contributed by atoms with Gasteiger partial charge in [0.05, 0.1) is 5.70 Å². The Morgan fingerprint density at radius 3 is 2.67 bits per heavy atom. The Labute approximate surface area is 53.2 Å². The van der Waals surface area contributed by atoms with Gasteiger partial charge < -0.3 is 16.5 Å². The molecule has 0 aromatic heterocycles. The highest BCUT2D eigenvalue weighted by Crippen LogP contribution is 1.77. The van der Waals surface area contributed by atoms with Gasteiger partial charge in [-0.1, -0.05) is 0 Å². The van der Waals surface area contributed by atoms with Crippen LogP contribution in [0.5, 0.6) is 0 Å². The third kappa shape index (κ3) is 2.48. The van der Waals surface area contributed by atoms with Crippen molar-refractivity contribution in [3.05, 3.63) is 11.8 Å². The van der Waals surface area contributed by atoms with E-state index in [1.54, 1.807) is 0 Å². The molecule has 0 aliphatic heterocycles. The lowest BCUT2D eigenvalue weighted by Crippen LogP contribution is -2.24. The van der Waals surface area contributed by atoms with Gasteiger partial charge in [0.25, 0.3) is 5.91 Å². The van der Waals surface area contributed by atoms with Crippen LogP contribution in [0.3, 0.4) is 0 Å². The van der Waals surface area contributed by atoms with E-state index >= 15 is 0 Å². The van der Waals surface area contributed by atoms with E-state index in [4.69, 9.17) is 11.1 Å². The molecule has 0 atom stereocenters. The molecule has 50 valence electrons. The number of hydrogen-bond donors (Lipinski definition) is 3. The van der Waals surface area contributed by atoms with E-state index in [2.05, 4.69) is 5.32 Å². The highest BCUT2D eigenvalue weighted by molar-refractivity contribution is 5.95. The zero-order chi connectivity index (χ0) is 7.28. The molecule has 0 saturated heterocycles. The molecule has 0 aromatic carbocycles. The van der Waals surface area contributed by atoms with Crippen LogP contribution in [-0.4, -0.2) is 19.2 Å². The third-order valence-corrected chi connectivity index (χ3v) is 0.752.